The van der Waals surface area contributed by atoms with E-state index in [1.807, 2.05) is 60.7 Å². The van der Waals surface area contributed by atoms with Crippen molar-refractivity contribution in [3.8, 4) is 0 Å². The van der Waals surface area contributed by atoms with E-state index in [-0.39, 0.29) is 31.1 Å². The van der Waals surface area contributed by atoms with Crippen LogP contribution in [-0.2, 0) is 12.1 Å². The second kappa shape index (κ2) is 10.8. The van der Waals surface area contributed by atoms with Gasteiger partial charge in [0, 0.05) is 44.6 Å². The van der Waals surface area contributed by atoms with Crippen LogP contribution in [0, 0.1) is 37.2 Å². The number of carbonyl (C=O) groups is 1. The van der Waals surface area contributed by atoms with Crippen molar-refractivity contribution in [2.24, 2.45) is 0 Å². The molecule has 7 heteroatoms. The van der Waals surface area contributed by atoms with Crippen LogP contribution in [0.25, 0.3) is 0 Å². The van der Waals surface area contributed by atoms with Crippen LogP contribution in [0.4, 0.5) is 19.3 Å². The van der Waals surface area contributed by atoms with Gasteiger partial charge in [0.15, 0.2) is 0 Å². The van der Waals surface area contributed by atoms with Gasteiger partial charge in [-0.3, -0.25) is 0 Å². The summed E-state index contributed by atoms with van der Waals surface area (Å²) in [6.45, 7) is 1.32. The van der Waals surface area contributed by atoms with Crippen LogP contribution in [0.15, 0.2) is 78.9 Å². The maximum Gasteiger partial charge on any atom is 0.320 e. The molecule has 0 saturated heterocycles. The third kappa shape index (κ3) is 5.66. The molecule has 0 spiro atoms. The molecular weight excluding hydrogens is 646 g/mol. The second-order valence-corrected chi connectivity index (χ2v) is 8.20. The number of alkyl halides is 2. The van der Waals surface area contributed by atoms with Gasteiger partial charge in [0.1, 0.15) is 0 Å². The van der Waals surface area contributed by atoms with Gasteiger partial charge in [0.2, 0.25) is 0 Å². The van der Waals surface area contributed by atoms with E-state index >= 15 is 0 Å². The van der Waals surface area contributed by atoms with Gasteiger partial charge >= 0.3 is 6.03 Å². The van der Waals surface area contributed by atoms with Crippen molar-refractivity contribution in [1.82, 2.24) is 10.2 Å². The molecule has 0 aromatic heterocycles. The van der Waals surface area contributed by atoms with E-state index in [0.717, 1.165) is 23.6 Å². The summed E-state index contributed by atoms with van der Waals surface area (Å²) in [5.74, 6) is -3.05. The Balaban J connectivity index is 0.00000306. The largest absolute Gasteiger partial charge is 0.331 e. The molecular formula is C26H26F2N3OU-. The minimum absolute atomic E-state index is 0. The Labute approximate surface area is 217 Å². The summed E-state index contributed by atoms with van der Waals surface area (Å²) in [4.78, 5) is 14.4. The molecule has 0 fully saturated rings. The summed E-state index contributed by atoms with van der Waals surface area (Å²) < 4.78 is 28.6. The first-order valence-corrected chi connectivity index (χ1v) is 10.7. The van der Waals surface area contributed by atoms with E-state index in [4.69, 9.17) is 0 Å². The van der Waals surface area contributed by atoms with E-state index in [1.54, 1.807) is 18.2 Å². The molecule has 0 saturated carbocycles. The molecule has 1 atom stereocenters. The minimum Gasteiger partial charge on any atom is -0.331 e. The Morgan fingerprint density at radius 3 is 2.39 bits per heavy atom. The predicted octanol–water partition coefficient (Wildman–Crippen LogP) is 5.41. The van der Waals surface area contributed by atoms with E-state index < -0.39 is 24.0 Å². The van der Waals surface area contributed by atoms with Crippen LogP contribution in [0.3, 0.4) is 0 Å². The number of anilines is 1. The molecule has 4 nitrogen and oxygen atoms in total. The summed E-state index contributed by atoms with van der Waals surface area (Å²) in [7, 11) is 0. The first-order valence-electron chi connectivity index (χ1n) is 10.7. The molecule has 1 aliphatic rings. The molecule has 0 radical (unpaired) electrons. The van der Waals surface area contributed by atoms with Gasteiger partial charge in [0.25, 0.3) is 5.92 Å². The maximum atomic E-state index is 14.3. The number of hydrogen-bond donors (Lipinski definition) is 2. The van der Waals surface area contributed by atoms with E-state index in [0.29, 0.717) is 25.2 Å². The van der Waals surface area contributed by atoms with Gasteiger partial charge in [-0.15, -0.1) is 11.6 Å². The minimum atomic E-state index is -3.05. The number of amides is 2. The van der Waals surface area contributed by atoms with Crippen molar-refractivity contribution in [1.29, 1.82) is 0 Å². The fourth-order valence-electron chi connectivity index (χ4n) is 4.40. The number of benzene rings is 3. The van der Waals surface area contributed by atoms with Crippen LogP contribution >= 0.6 is 0 Å². The molecule has 1 unspecified atom stereocenters. The van der Waals surface area contributed by atoms with Crippen molar-refractivity contribution >= 4 is 11.7 Å². The zero-order chi connectivity index (χ0) is 22.6. The summed E-state index contributed by atoms with van der Waals surface area (Å²) >= 11 is 0. The normalized spacial score (nSPS) is 17.7. The molecule has 3 aromatic carbocycles. The topological polar surface area (TPSA) is 44.4 Å². The van der Waals surface area contributed by atoms with Crippen molar-refractivity contribution in [2.75, 3.05) is 18.4 Å². The molecule has 3 aromatic rings. The van der Waals surface area contributed by atoms with Gasteiger partial charge < -0.3 is 15.5 Å². The maximum absolute atomic E-state index is 14.3. The van der Waals surface area contributed by atoms with Crippen LogP contribution < -0.4 is 10.6 Å². The molecule has 0 bridgehead atoms. The van der Waals surface area contributed by atoms with Gasteiger partial charge in [0.05, 0.1) is 12.1 Å². The Kier molecular flexibility index (Phi) is 8.34. The summed E-state index contributed by atoms with van der Waals surface area (Å²) in [5.41, 5.74) is 2.25. The van der Waals surface area contributed by atoms with E-state index in [2.05, 4.69) is 16.7 Å². The zero-order valence-electron chi connectivity index (χ0n) is 18.4. The van der Waals surface area contributed by atoms with Gasteiger partial charge in [-0.1, -0.05) is 66.4 Å². The summed E-state index contributed by atoms with van der Waals surface area (Å²) in [6, 6.07) is 27.2. The van der Waals surface area contributed by atoms with Crippen LogP contribution in [-0.4, -0.2) is 29.9 Å². The third-order valence-corrected chi connectivity index (χ3v) is 5.78. The molecule has 2 amide bonds. The smallest absolute Gasteiger partial charge is 0.320 e. The Morgan fingerprint density at radius 2 is 1.73 bits per heavy atom. The Bertz CT molecular complexity index is 1060. The number of carbonyl (C=O) groups excluding carboxylic acids is 1. The molecule has 33 heavy (non-hydrogen) atoms. The van der Waals surface area contributed by atoms with Crippen LogP contribution in [0.1, 0.15) is 30.0 Å². The van der Waals surface area contributed by atoms with E-state index in [1.165, 1.54) is 4.90 Å². The fraction of sp³-hybridized carbons (Fsp3) is 0.269. The number of nitrogens with zero attached hydrogens (tertiary/aromatic N) is 1. The van der Waals surface area contributed by atoms with Crippen molar-refractivity contribution < 1.29 is 44.7 Å². The number of halogens is 2. The number of rotatable bonds is 8. The van der Waals surface area contributed by atoms with Gasteiger partial charge in [-0.2, -0.15) is 18.2 Å². The predicted molar refractivity (Wildman–Crippen MR) is 122 cm³/mol. The number of nitrogens with one attached hydrogen (secondary N) is 2. The molecule has 2 N–H and O–H groups in total. The first kappa shape index (κ1) is 25.4. The standard InChI is InChI=1S/C26H26F2N3O.U/c1-25(27,28)19-31-24(32)30-23-15-9-8-14-22(23)26(31,21-12-6-3-7-13-21)16-17-29-18-20-10-4-2-5-11-20;/h2-7,9-15,29H,16-19H2,1H3,(H,30,32);/q-1;. The quantitative estimate of drug-likeness (QED) is 0.249. The Hall–Kier alpha value is -2.20. The molecule has 1 aliphatic heterocycles. The van der Waals surface area contributed by atoms with Gasteiger partial charge in [-0.05, 0) is 24.1 Å². The number of hydrogen-bond acceptors (Lipinski definition) is 2. The summed E-state index contributed by atoms with van der Waals surface area (Å²) in [5, 5.41) is 6.20. The van der Waals surface area contributed by atoms with Crippen molar-refractivity contribution in [2.45, 2.75) is 31.4 Å². The summed E-state index contributed by atoms with van der Waals surface area (Å²) in [6.07, 6.45) is 0.429. The molecule has 1 heterocycles. The second-order valence-electron chi connectivity index (χ2n) is 8.20. The SMILES string of the molecule is CC(F)(F)CN1C(=O)Nc2cc[c-]cc2C1(CCNCc1ccccc1)c1ccccc1.[U]. The van der Waals surface area contributed by atoms with Gasteiger partial charge in [-0.25, -0.2) is 13.6 Å². The number of urea groups is 1. The molecule has 0 aliphatic carbocycles. The third-order valence-electron chi connectivity index (χ3n) is 5.78. The molecule has 4 rings (SSSR count). The van der Waals surface area contributed by atoms with Crippen LogP contribution in [0.2, 0.25) is 0 Å². The average Bonchev–Trinajstić information content (AvgIpc) is 2.79. The fourth-order valence-corrected chi connectivity index (χ4v) is 4.40. The van der Waals surface area contributed by atoms with Crippen molar-refractivity contribution in [3.63, 3.8) is 0 Å². The first-order chi connectivity index (χ1) is 15.4. The van der Waals surface area contributed by atoms with E-state index in [9.17, 15) is 13.6 Å². The van der Waals surface area contributed by atoms with Crippen LogP contribution in [0.5, 0.6) is 0 Å². The van der Waals surface area contributed by atoms with Crippen molar-refractivity contribution in [3.05, 3.63) is 102 Å². The Morgan fingerprint density at radius 1 is 1.06 bits per heavy atom. The zero-order valence-corrected chi connectivity index (χ0v) is 22.6. The molecule has 170 valence electrons. The number of fused-ring (bicyclic) bond motifs is 1. The monoisotopic (exact) mass is 672 g/mol. The average molecular weight is 673 g/mol.